The molecule has 1 saturated heterocycles. The first kappa shape index (κ1) is 47.2. The molecule has 0 radical (unpaired) electrons. The summed E-state index contributed by atoms with van der Waals surface area (Å²) < 4.78 is 39.8. The number of carbonyl (C=O) groups is 1. The van der Waals surface area contributed by atoms with E-state index < -0.39 is 44.2 Å². The average molecular weight is 886 g/mol. The summed E-state index contributed by atoms with van der Waals surface area (Å²) in [5.74, 6) is 0.548. The summed E-state index contributed by atoms with van der Waals surface area (Å²) in [6, 6.07) is 27.2. The van der Waals surface area contributed by atoms with Crippen molar-refractivity contribution < 1.29 is 42.5 Å². The van der Waals surface area contributed by atoms with Crippen molar-refractivity contribution in [3.05, 3.63) is 112 Å². The number of nitriles is 1. The Morgan fingerprint density at radius 1 is 0.937 bits per heavy atom. The molecular weight excluding hydrogens is 828 g/mol. The highest BCUT2D eigenvalue weighted by molar-refractivity contribution is 7.43. The second kappa shape index (κ2) is 20.5. The quantitative estimate of drug-likeness (QED) is 0.0293. The Labute approximate surface area is 368 Å². The lowest BCUT2D eigenvalue weighted by Gasteiger charge is -2.45. The number of H-pyrrole nitrogens is 1. The molecule has 63 heavy (non-hydrogen) atoms. The highest BCUT2D eigenvalue weighted by Gasteiger charge is 2.51. The first-order valence-electron chi connectivity index (χ1n) is 20.8. The van der Waals surface area contributed by atoms with Crippen molar-refractivity contribution in [3.8, 4) is 17.6 Å². The number of aromatic nitrogens is 4. The monoisotopic (exact) mass is 885 g/mol. The third kappa shape index (κ3) is 9.79. The number of hydrogen-bond donors (Lipinski definition) is 4. The lowest BCUT2D eigenvalue weighted by Crippen LogP contribution is -2.64. The molecule has 17 nitrogen and oxygen atoms in total. The van der Waals surface area contributed by atoms with Gasteiger partial charge in [-0.15, -0.1) is 0 Å². The van der Waals surface area contributed by atoms with Crippen molar-refractivity contribution in [1.82, 2.24) is 24.7 Å². The predicted octanol–water partition coefficient (Wildman–Crippen LogP) is 6.31. The molecule has 0 saturated carbocycles. The zero-order valence-electron chi connectivity index (χ0n) is 37.1. The summed E-state index contributed by atoms with van der Waals surface area (Å²) in [6.07, 6.45) is -2.22. The molecule has 1 aliphatic heterocycles. The van der Waals surface area contributed by atoms with E-state index in [9.17, 15) is 19.7 Å². The first-order chi connectivity index (χ1) is 30.2. The molecule has 3 heterocycles. The fourth-order valence-electron chi connectivity index (χ4n) is 8.08. The third-order valence-corrected chi connectivity index (χ3v) is 12.6. The molecule has 2 aromatic heterocycles. The van der Waals surface area contributed by atoms with E-state index in [1.165, 1.54) is 13.4 Å². The number of methoxy groups -OCH3 is 3. The van der Waals surface area contributed by atoms with Crippen molar-refractivity contribution >= 4 is 31.5 Å². The van der Waals surface area contributed by atoms with E-state index in [2.05, 4.69) is 31.5 Å². The van der Waals surface area contributed by atoms with Crippen LogP contribution in [-0.2, 0) is 29.1 Å². The third-order valence-electron chi connectivity index (χ3n) is 11.6. The van der Waals surface area contributed by atoms with E-state index in [1.807, 2.05) is 107 Å². The van der Waals surface area contributed by atoms with Gasteiger partial charge in [0.25, 0.3) is 5.56 Å². The molecule has 1 amide bonds. The Balaban J connectivity index is 1.47. The number of nitrogens with zero attached hydrogens (tertiary/aromatic N) is 5. The Hall–Kier alpha value is -5.28. The lowest BCUT2D eigenvalue weighted by atomic mass is 9.80. The van der Waals surface area contributed by atoms with E-state index in [1.54, 1.807) is 32.6 Å². The fourth-order valence-corrected chi connectivity index (χ4v) is 9.50. The molecule has 0 aliphatic carbocycles. The molecule has 0 bridgehead atoms. The van der Waals surface area contributed by atoms with Crippen molar-refractivity contribution in [2.24, 2.45) is 5.92 Å². The molecule has 4 N–H and O–H groups in total. The Bertz CT molecular complexity index is 2330. The molecule has 18 heteroatoms. The minimum absolute atomic E-state index is 0.00907. The Morgan fingerprint density at radius 2 is 1.52 bits per heavy atom. The van der Waals surface area contributed by atoms with Crippen LogP contribution in [0.5, 0.6) is 11.5 Å². The highest BCUT2D eigenvalue weighted by Crippen LogP contribution is 2.46. The largest absolute Gasteiger partial charge is 0.497 e. The van der Waals surface area contributed by atoms with Gasteiger partial charge in [-0.05, 0) is 68.7 Å². The number of anilines is 1. The van der Waals surface area contributed by atoms with Crippen molar-refractivity contribution in [1.29, 1.82) is 5.26 Å². The maximum Gasteiger partial charge on any atom is 0.303 e. The fraction of sp³-hybridized carbons (Fsp3) is 0.444. The molecule has 5 aromatic rings. The van der Waals surface area contributed by atoms with Crippen LogP contribution in [0, 0.1) is 17.2 Å². The second-order valence-electron chi connectivity index (χ2n) is 16.2. The highest BCUT2D eigenvalue weighted by atomic mass is 31.2. The van der Waals surface area contributed by atoms with Crippen LogP contribution in [0.25, 0.3) is 11.2 Å². The van der Waals surface area contributed by atoms with Gasteiger partial charge in [0.2, 0.25) is 11.9 Å². The molecule has 336 valence electrons. The van der Waals surface area contributed by atoms with Crippen molar-refractivity contribution in [3.63, 3.8) is 0 Å². The van der Waals surface area contributed by atoms with E-state index in [0.29, 0.717) is 18.0 Å². The minimum Gasteiger partial charge on any atom is -0.497 e. The molecule has 1 fully saturated rings. The van der Waals surface area contributed by atoms with Gasteiger partial charge in [0.1, 0.15) is 54.0 Å². The zero-order valence-corrected chi connectivity index (χ0v) is 38.0. The number of aromatic amines is 1. The van der Waals surface area contributed by atoms with Crippen LogP contribution in [-0.4, -0.2) is 99.8 Å². The van der Waals surface area contributed by atoms with Crippen LogP contribution < -0.4 is 25.5 Å². The number of imidazole rings is 1. The lowest BCUT2D eigenvalue weighted by molar-refractivity contribution is -0.994. The number of hydrogen-bond acceptors (Lipinski definition) is 13. The van der Waals surface area contributed by atoms with Gasteiger partial charge in [-0.2, -0.15) is 10.2 Å². The van der Waals surface area contributed by atoms with Gasteiger partial charge < -0.3 is 33.1 Å². The maximum absolute atomic E-state index is 13.3. The van der Waals surface area contributed by atoms with Crippen LogP contribution in [0.15, 0.2) is 90.0 Å². The smallest absolute Gasteiger partial charge is 0.303 e. The van der Waals surface area contributed by atoms with E-state index in [-0.39, 0.29) is 58.6 Å². The van der Waals surface area contributed by atoms with Gasteiger partial charge in [-0.3, -0.25) is 24.5 Å². The van der Waals surface area contributed by atoms with Gasteiger partial charge in [0.05, 0.1) is 39.6 Å². The Morgan fingerprint density at radius 3 is 2.05 bits per heavy atom. The number of carbonyl (C=O) groups excluding carboxylic acids is 1. The topological polar surface area (TPSA) is 204 Å². The number of quaternary nitrogens is 1. The number of benzene rings is 3. The maximum atomic E-state index is 13.3. The SMILES string of the molecule is COc1ccc(C(OC[C@H]2O[C@@H](n3cnc4c(=O)[nH]c(NC(=O)C(C)C)nc43)[C@H](OC)[C@@H]2OP(O)N[N+](CCC#N)(C(C)C)C(C)C)(c2ccccc2)c2ccc(OC)cc2)cc1. The number of nitrogens with one attached hydrogen (secondary N) is 3. The Kier molecular flexibility index (Phi) is 15.3. The van der Waals surface area contributed by atoms with E-state index in [4.69, 9.17) is 28.2 Å². The minimum atomic E-state index is -2.41. The summed E-state index contributed by atoms with van der Waals surface area (Å²) in [6.45, 7) is 11.8. The van der Waals surface area contributed by atoms with Crippen LogP contribution in [0.4, 0.5) is 5.95 Å². The zero-order chi connectivity index (χ0) is 45.5. The van der Waals surface area contributed by atoms with Gasteiger partial charge >= 0.3 is 8.53 Å². The van der Waals surface area contributed by atoms with Crippen molar-refractivity contribution in [2.75, 3.05) is 39.8 Å². The summed E-state index contributed by atoms with van der Waals surface area (Å²) >= 11 is 0. The van der Waals surface area contributed by atoms with E-state index >= 15 is 0 Å². The second-order valence-corrected chi connectivity index (χ2v) is 17.1. The van der Waals surface area contributed by atoms with Gasteiger partial charge in [-0.25, -0.2) is 9.58 Å². The molecule has 0 spiro atoms. The normalized spacial score (nSPS) is 18.5. The van der Waals surface area contributed by atoms with E-state index in [0.717, 1.165) is 16.7 Å². The number of amides is 1. The molecule has 5 atom stereocenters. The van der Waals surface area contributed by atoms with Gasteiger partial charge in [-0.1, -0.05) is 73.6 Å². The van der Waals surface area contributed by atoms with Crippen molar-refractivity contribution in [2.45, 2.75) is 90.2 Å². The van der Waals surface area contributed by atoms with Crippen LogP contribution in [0.2, 0.25) is 0 Å². The van der Waals surface area contributed by atoms with Crippen LogP contribution in [0.3, 0.4) is 0 Å². The summed E-state index contributed by atoms with van der Waals surface area (Å²) in [5, 5.41) is 15.6. The van der Waals surface area contributed by atoms with Gasteiger partial charge in [0.15, 0.2) is 17.4 Å². The number of rotatable bonds is 20. The van der Waals surface area contributed by atoms with Crippen LogP contribution >= 0.6 is 8.53 Å². The molecule has 1 aliphatic rings. The van der Waals surface area contributed by atoms with Gasteiger partial charge in [0, 0.05) is 13.0 Å². The molecule has 3 aromatic carbocycles. The first-order valence-corrected chi connectivity index (χ1v) is 22.1. The standard InChI is InChI=1S/C45H57N8O9P/c1-28(2)41(54)49-44-48-40-37(42(55)50-44)47-27-52(40)43-39(59-9)38(62-63(56)51-53(29(3)4,30(5)6)25-13-24-46)36(61-43)26-60-45(31-14-11-10-12-15-31,32-16-20-34(57-7)21-17-32)33-18-22-35(58-8)23-19-33/h10-12,14-23,27-30,36,38-39,43,51,56H,13,25-26H2,1-9H3,(H-,48,49,50,54,55)/p+1/t36-,38-,39-,43-,63?/m1/s1. The summed E-state index contributed by atoms with van der Waals surface area (Å²) in [4.78, 5) is 49.5. The summed E-state index contributed by atoms with van der Waals surface area (Å²) in [7, 11) is 2.30. The average Bonchev–Trinajstić information content (AvgIpc) is 3.86. The molecule has 6 rings (SSSR count). The predicted molar refractivity (Wildman–Crippen MR) is 237 cm³/mol. The number of fused-ring (bicyclic) bond motifs is 1. The van der Waals surface area contributed by atoms with Crippen LogP contribution in [0.1, 0.15) is 70.9 Å². The molecule has 1 unspecified atom stereocenters. The summed E-state index contributed by atoms with van der Waals surface area (Å²) in [5.41, 5.74) is 0.710. The molecular formula is C45H58N8O9P+. The number of ether oxygens (including phenoxy) is 5.